The number of fused-ring (bicyclic) bond motifs is 7. The largest absolute Gasteiger partial charge is 0.309 e. The summed E-state index contributed by atoms with van der Waals surface area (Å²) in [6.45, 7) is 4.67. The lowest BCUT2D eigenvalue weighted by Gasteiger charge is -2.21. The molecule has 0 spiro atoms. The van der Waals surface area contributed by atoms with Crippen molar-refractivity contribution in [3.63, 3.8) is 0 Å². The average Bonchev–Trinajstić information content (AvgIpc) is 3.63. The Morgan fingerprint density at radius 3 is 1.98 bits per heavy atom. The van der Waals surface area contributed by atoms with Gasteiger partial charge in [0.1, 0.15) is 0 Å². The van der Waals surface area contributed by atoms with Gasteiger partial charge in [0.2, 0.25) is 0 Å². The number of para-hydroxylation sites is 3. The summed E-state index contributed by atoms with van der Waals surface area (Å²) in [5.41, 5.74) is 15.0. The highest BCUT2D eigenvalue weighted by Gasteiger charge is 2.37. The molecule has 9 aromatic rings. The van der Waals surface area contributed by atoms with Crippen molar-refractivity contribution in [2.45, 2.75) is 19.3 Å². The Labute approximate surface area is 291 Å². The van der Waals surface area contributed by atoms with Crippen LogP contribution >= 0.6 is 0 Å². The maximum absolute atomic E-state index is 5.30. The predicted molar refractivity (Wildman–Crippen MR) is 208 cm³/mol. The van der Waals surface area contributed by atoms with Gasteiger partial charge in [-0.1, -0.05) is 135 Å². The molecule has 0 bridgehead atoms. The molecule has 3 nitrogen and oxygen atoms in total. The van der Waals surface area contributed by atoms with E-state index >= 15 is 0 Å². The van der Waals surface area contributed by atoms with E-state index < -0.39 is 0 Å². The van der Waals surface area contributed by atoms with Crippen LogP contribution in [0.2, 0.25) is 0 Å². The van der Waals surface area contributed by atoms with E-state index in [0.717, 1.165) is 33.5 Å². The Morgan fingerprint density at radius 1 is 0.460 bits per heavy atom. The van der Waals surface area contributed by atoms with Crippen molar-refractivity contribution < 1.29 is 0 Å². The Morgan fingerprint density at radius 2 is 1.14 bits per heavy atom. The van der Waals surface area contributed by atoms with Crippen molar-refractivity contribution in [2.24, 2.45) is 0 Å². The fourth-order valence-corrected chi connectivity index (χ4v) is 8.19. The van der Waals surface area contributed by atoms with Crippen LogP contribution in [0.3, 0.4) is 0 Å². The molecule has 0 saturated heterocycles. The fraction of sp³-hybridized carbons (Fsp3) is 0.0638. The second-order valence-corrected chi connectivity index (χ2v) is 13.8. The lowest BCUT2D eigenvalue weighted by Crippen LogP contribution is -2.14. The second kappa shape index (κ2) is 10.8. The third kappa shape index (κ3) is 4.23. The molecule has 0 aliphatic heterocycles. The third-order valence-electron chi connectivity index (χ3n) is 10.6. The van der Waals surface area contributed by atoms with E-state index in [1.165, 1.54) is 60.9 Å². The topological polar surface area (TPSA) is 30.7 Å². The summed E-state index contributed by atoms with van der Waals surface area (Å²) >= 11 is 0. The van der Waals surface area contributed by atoms with Crippen molar-refractivity contribution in [2.75, 3.05) is 0 Å². The minimum atomic E-state index is -0.161. The summed E-state index contributed by atoms with van der Waals surface area (Å²) in [6.07, 6.45) is 0. The van der Waals surface area contributed by atoms with Crippen LogP contribution in [0.25, 0.3) is 83.3 Å². The number of hydrogen-bond acceptors (Lipinski definition) is 2. The van der Waals surface area contributed by atoms with Crippen LogP contribution in [0.4, 0.5) is 0 Å². The molecule has 1 aliphatic rings. The maximum Gasteiger partial charge on any atom is 0.161 e. The number of hydrogen-bond donors (Lipinski definition) is 0. The van der Waals surface area contributed by atoms with Crippen molar-refractivity contribution >= 4 is 32.7 Å². The monoisotopic (exact) mass is 639 g/mol. The van der Waals surface area contributed by atoms with Crippen molar-refractivity contribution in [1.82, 2.24) is 14.5 Å². The van der Waals surface area contributed by atoms with E-state index in [0.29, 0.717) is 0 Å². The Hall–Kier alpha value is -6.32. The molecule has 3 heteroatoms. The van der Waals surface area contributed by atoms with Crippen LogP contribution in [0.1, 0.15) is 25.0 Å². The van der Waals surface area contributed by atoms with Crippen LogP contribution in [0.5, 0.6) is 0 Å². The second-order valence-electron chi connectivity index (χ2n) is 13.8. The van der Waals surface area contributed by atoms with E-state index in [4.69, 9.17) is 9.97 Å². The van der Waals surface area contributed by atoms with Crippen molar-refractivity contribution in [3.05, 3.63) is 175 Å². The first-order valence-electron chi connectivity index (χ1n) is 17.3. The van der Waals surface area contributed by atoms with Crippen LogP contribution in [-0.2, 0) is 5.41 Å². The highest BCUT2D eigenvalue weighted by atomic mass is 15.0. The zero-order valence-electron chi connectivity index (χ0n) is 27.9. The van der Waals surface area contributed by atoms with Gasteiger partial charge in [-0.2, -0.15) is 0 Å². The van der Waals surface area contributed by atoms with Gasteiger partial charge in [0.15, 0.2) is 5.82 Å². The minimum Gasteiger partial charge on any atom is -0.309 e. The first-order chi connectivity index (χ1) is 24.6. The molecule has 236 valence electrons. The van der Waals surface area contributed by atoms with E-state index in [-0.39, 0.29) is 5.41 Å². The summed E-state index contributed by atoms with van der Waals surface area (Å²) in [6, 6.07) is 58.7. The Bertz CT molecular complexity index is 2770. The molecule has 0 radical (unpaired) electrons. The molecule has 0 N–H and O–H groups in total. The zero-order chi connectivity index (χ0) is 33.4. The van der Waals surface area contributed by atoms with Gasteiger partial charge in [0, 0.05) is 38.4 Å². The van der Waals surface area contributed by atoms with Crippen LogP contribution in [-0.4, -0.2) is 14.5 Å². The van der Waals surface area contributed by atoms with Gasteiger partial charge in [0.25, 0.3) is 0 Å². The van der Waals surface area contributed by atoms with Gasteiger partial charge in [0.05, 0.1) is 22.2 Å². The Balaban J connectivity index is 1.17. The molecule has 7 aromatic carbocycles. The lowest BCUT2D eigenvalue weighted by molar-refractivity contribution is 0.660. The van der Waals surface area contributed by atoms with Gasteiger partial charge < -0.3 is 4.57 Å². The average molecular weight is 640 g/mol. The standard InChI is InChI=1S/C47H33N3/c1-47(2)39-26-24-31(32-25-27-43-37(28-32)34-18-10-12-23-42(34)50(43)33-16-7-4-8-17-33)29-38(39)44-36(20-13-21-40(44)47)46-48-41-22-11-9-19-35(41)45(49-46)30-14-5-3-6-15-30/h3-29H,1-2H3. The molecule has 0 fully saturated rings. The molecule has 0 amide bonds. The maximum atomic E-state index is 5.30. The molecule has 1 aliphatic carbocycles. The van der Waals surface area contributed by atoms with Gasteiger partial charge in [-0.15, -0.1) is 0 Å². The summed E-state index contributed by atoms with van der Waals surface area (Å²) in [5, 5.41) is 3.56. The molecule has 0 atom stereocenters. The first kappa shape index (κ1) is 28.7. The van der Waals surface area contributed by atoms with Crippen molar-refractivity contribution in [3.8, 4) is 50.6 Å². The predicted octanol–water partition coefficient (Wildman–Crippen LogP) is 12.0. The number of benzene rings is 7. The molecule has 0 saturated carbocycles. The number of rotatable bonds is 4. The van der Waals surface area contributed by atoms with Crippen molar-refractivity contribution in [1.29, 1.82) is 0 Å². The zero-order valence-corrected chi connectivity index (χ0v) is 27.9. The number of aromatic nitrogens is 3. The van der Waals surface area contributed by atoms with E-state index in [9.17, 15) is 0 Å². The minimum absolute atomic E-state index is 0.161. The molecule has 0 unspecified atom stereocenters. The highest BCUT2D eigenvalue weighted by molar-refractivity contribution is 6.10. The van der Waals surface area contributed by atoms with Crippen LogP contribution in [0.15, 0.2) is 164 Å². The molecule has 2 heterocycles. The van der Waals surface area contributed by atoms with Crippen LogP contribution in [0, 0.1) is 0 Å². The molecular weight excluding hydrogens is 607 g/mol. The van der Waals surface area contributed by atoms with E-state index in [1.807, 2.05) is 6.07 Å². The Kier molecular flexibility index (Phi) is 6.22. The van der Waals surface area contributed by atoms with E-state index in [1.54, 1.807) is 0 Å². The van der Waals surface area contributed by atoms with Gasteiger partial charge >= 0.3 is 0 Å². The summed E-state index contributed by atoms with van der Waals surface area (Å²) in [5.74, 6) is 0.753. The fourth-order valence-electron chi connectivity index (χ4n) is 8.19. The molecule has 2 aromatic heterocycles. The number of nitrogens with zero attached hydrogens (tertiary/aromatic N) is 3. The van der Waals surface area contributed by atoms with Gasteiger partial charge in [-0.05, 0) is 75.8 Å². The van der Waals surface area contributed by atoms with Crippen LogP contribution < -0.4 is 0 Å². The third-order valence-corrected chi connectivity index (χ3v) is 10.6. The molecule has 50 heavy (non-hydrogen) atoms. The SMILES string of the molecule is CC1(C)c2ccc(-c3ccc4c(c3)c3ccccc3n4-c3ccccc3)cc2-c2c(-c3nc(-c4ccccc4)c4ccccc4n3)cccc21. The van der Waals surface area contributed by atoms with E-state index in [2.05, 4.69) is 176 Å². The van der Waals surface area contributed by atoms with Gasteiger partial charge in [-0.25, -0.2) is 9.97 Å². The highest BCUT2D eigenvalue weighted by Crippen LogP contribution is 2.53. The summed E-state index contributed by atoms with van der Waals surface area (Å²) in [4.78, 5) is 10.5. The first-order valence-corrected chi connectivity index (χ1v) is 17.3. The quantitative estimate of drug-likeness (QED) is 0.192. The lowest BCUT2D eigenvalue weighted by atomic mass is 9.82. The molecular formula is C47H33N3. The smallest absolute Gasteiger partial charge is 0.161 e. The molecule has 10 rings (SSSR count). The summed E-state index contributed by atoms with van der Waals surface area (Å²) < 4.78 is 2.37. The normalized spacial score (nSPS) is 13.2. The summed E-state index contributed by atoms with van der Waals surface area (Å²) in [7, 11) is 0. The van der Waals surface area contributed by atoms with Gasteiger partial charge in [-0.3, -0.25) is 0 Å².